The molecule has 0 aliphatic carbocycles. The Hall–Kier alpha value is -2.03. The van der Waals surface area contributed by atoms with E-state index in [-0.39, 0.29) is 11.6 Å². The van der Waals surface area contributed by atoms with Crippen LogP contribution in [0.1, 0.15) is 30.5 Å². The number of urea groups is 1. The lowest BCUT2D eigenvalue weighted by atomic mass is 9.81. The van der Waals surface area contributed by atoms with E-state index in [1.807, 2.05) is 25.1 Å². The van der Waals surface area contributed by atoms with Crippen molar-refractivity contribution in [1.82, 2.24) is 4.90 Å². The topological polar surface area (TPSA) is 23.6 Å². The van der Waals surface area contributed by atoms with Crippen LogP contribution in [0.15, 0.2) is 24.3 Å². The van der Waals surface area contributed by atoms with Crippen molar-refractivity contribution < 1.29 is 4.79 Å². The van der Waals surface area contributed by atoms with Gasteiger partial charge in [-0.05, 0) is 44.2 Å². The number of anilines is 1. The van der Waals surface area contributed by atoms with Gasteiger partial charge in [-0.15, -0.1) is 0 Å². The van der Waals surface area contributed by atoms with Crippen molar-refractivity contribution in [3.63, 3.8) is 0 Å². The Morgan fingerprint density at radius 1 is 0.952 bits per heavy atom. The standard InChI is InChI=1S/C18H22N2O/c1-11-12(2)15-16(14-10-8-7-9-13(11)14)19(5)17(21)20(6)18(15,3)4/h7-10H,1-6H3. The summed E-state index contributed by atoms with van der Waals surface area (Å²) in [6.07, 6.45) is 0. The fraction of sp³-hybridized carbons (Fsp3) is 0.389. The van der Waals surface area contributed by atoms with Crippen molar-refractivity contribution in [1.29, 1.82) is 0 Å². The van der Waals surface area contributed by atoms with E-state index in [0.29, 0.717) is 0 Å². The summed E-state index contributed by atoms with van der Waals surface area (Å²) >= 11 is 0. The van der Waals surface area contributed by atoms with E-state index in [0.717, 1.165) is 11.1 Å². The van der Waals surface area contributed by atoms with Crippen molar-refractivity contribution in [3.05, 3.63) is 41.0 Å². The van der Waals surface area contributed by atoms with Gasteiger partial charge in [0.15, 0.2) is 0 Å². The van der Waals surface area contributed by atoms with E-state index < -0.39 is 0 Å². The zero-order valence-electron chi connectivity index (χ0n) is 13.6. The first-order valence-corrected chi connectivity index (χ1v) is 7.32. The van der Waals surface area contributed by atoms with Gasteiger partial charge in [-0.25, -0.2) is 4.79 Å². The number of carbonyl (C=O) groups excluding carboxylic acids is 1. The van der Waals surface area contributed by atoms with Crippen LogP contribution in [-0.4, -0.2) is 25.0 Å². The van der Waals surface area contributed by atoms with Gasteiger partial charge in [-0.2, -0.15) is 0 Å². The molecule has 3 nitrogen and oxygen atoms in total. The van der Waals surface area contributed by atoms with Crippen molar-refractivity contribution in [2.45, 2.75) is 33.2 Å². The Labute approximate surface area is 126 Å². The van der Waals surface area contributed by atoms with Gasteiger partial charge in [0.25, 0.3) is 0 Å². The quantitative estimate of drug-likeness (QED) is 0.710. The molecule has 0 radical (unpaired) electrons. The first-order valence-electron chi connectivity index (χ1n) is 7.32. The summed E-state index contributed by atoms with van der Waals surface area (Å²) in [7, 11) is 3.75. The zero-order chi connectivity index (χ0) is 15.5. The number of hydrogen-bond acceptors (Lipinski definition) is 1. The predicted molar refractivity (Wildman–Crippen MR) is 88.0 cm³/mol. The SMILES string of the molecule is Cc1c2c(c3ccccc3c1C)N(C)C(=O)N(C)C2(C)C. The molecular weight excluding hydrogens is 260 g/mol. The first-order chi connectivity index (χ1) is 9.78. The van der Waals surface area contributed by atoms with Gasteiger partial charge in [0, 0.05) is 25.0 Å². The highest BCUT2D eigenvalue weighted by atomic mass is 16.2. The highest BCUT2D eigenvalue weighted by molar-refractivity contribution is 6.08. The molecule has 1 heterocycles. The van der Waals surface area contributed by atoms with E-state index >= 15 is 0 Å². The van der Waals surface area contributed by atoms with Gasteiger partial charge in [-0.3, -0.25) is 4.90 Å². The van der Waals surface area contributed by atoms with Crippen molar-refractivity contribution in [2.24, 2.45) is 0 Å². The van der Waals surface area contributed by atoms with Gasteiger partial charge in [0.1, 0.15) is 0 Å². The maximum atomic E-state index is 12.6. The van der Waals surface area contributed by atoms with Gasteiger partial charge >= 0.3 is 6.03 Å². The zero-order valence-corrected chi connectivity index (χ0v) is 13.6. The number of nitrogens with zero attached hydrogens (tertiary/aromatic N) is 2. The summed E-state index contributed by atoms with van der Waals surface area (Å²) in [6.45, 7) is 8.58. The highest BCUT2D eigenvalue weighted by Gasteiger charge is 2.41. The van der Waals surface area contributed by atoms with Crippen LogP contribution >= 0.6 is 0 Å². The maximum absolute atomic E-state index is 12.6. The van der Waals surface area contributed by atoms with Crippen LogP contribution in [0.3, 0.4) is 0 Å². The molecule has 2 aromatic rings. The highest BCUT2D eigenvalue weighted by Crippen LogP contribution is 2.46. The van der Waals surface area contributed by atoms with E-state index in [4.69, 9.17) is 0 Å². The first kappa shape index (κ1) is 13.9. The summed E-state index contributed by atoms with van der Waals surface area (Å²) in [5.41, 5.74) is 4.58. The molecule has 3 heteroatoms. The molecule has 110 valence electrons. The molecule has 2 aromatic carbocycles. The molecule has 0 atom stereocenters. The summed E-state index contributed by atoms with van der Waals surface area (Å²) in [6, 6.07) is 8.40. The summed E-state index contributed by atoms with van der Waals surface area (Å²) in [4.78, 5) is 16.2. The maximum Gasteiger partial charge on any atom is 0.324 e. The largest absolute Gasteiger partial charge is 0.324 e. The van der Waals surface area contributed by atoms with Crippen LogP contribution in [0.2, 0.25) is 0 Å². The predicted octanol–water partition coefficient (Wildman–Crippen LogP) is 4.19. The van der Waals surface area contributed by atoms with Crippen LogP contribution in [0.5, 0.6) is 0 Å². The lowest BCUT2D eigenvalue weighted by molar-refractivity contribution is 0.157. The molecule has 0 saturated heterocycles. The van der Waals surface area contributed by atoms with Gasteiger partial charge in [0.2, 0.25) is 0 Å². The third-order valence-electron chi connectivity index (χ3n) is 5.12. The van der Waals surface area contributed by atoms with E-state index in [2.05, 4.69) is 45.9 Å². The molecule has 3 rings (SSSR count). The lowest BCUT2D eigenvalue weighted by Crippen LogP contribution is -2.53. The average molecular weight is 282 g/mol. The monoisotopic (exact) mass is 282 g/mol. The molecule has 0 saturated carbocycles. The fourth-order valence-corrected chi connectivity index (χ4v) is 3.54. The normalized spacial score (nSPS) is 17.3. The Balaban J connectivity index is 2.54. The molecular formula is C18H22N2O. The molecule has 0 aromatic heterocycles. The van der Waals surface area contributed by atoms with Crippen LogP contribution in [0.25, 0.3) is 10.8 Å². The van der Waals surface area contributed by atoms with Crippen molar-refractivity contribution >= 4 is 22.5 Å². The van der Waals surface area contributed by atoms with Gasteiger partial charge in [0.05, 0.1) is 11.2 Å². The Kier molecular flexibility index (Phi) is 2.81. The second-order valence-electron chi connectivity index (χ2n) is 6.48. The molecule has 21 heavy (non-hydrogen) atoms. The molecule has 0 fully saturated rings. The Morgan fingerprint density at radius 3 is 2.14 bits per heavy atom. The van der Waals surface area contributed by atoms with Gasteiger partial charge in [-0.1, -0.05) is 24.3 Å². The summed E-state index contributed by atoms with van der Waals surface area (Å²) in [5, 5.41) is 2.39. The molecule has 2 amide bonds. The van der Waals surface area contributed by atoms with Crippen LogP contribution in [0.4, 0.5) is 10.5 Å². The minimum absolute atomic E-state index is 0.0425. The van der Waals surface area contributed by atoms with Crippen LogP contribution < -0.4 is 4.90 Å². The molecule has 0 unspecified atom stereocenters. The fourth-order valence-electron chi connectivity index (χ4n) is 3.54. The third-order valence-corrected chi connectivity index (χ3v) is 5.12. The summed E-state index contributed by atoms with van der Waals surface area (Å²) < 4.78 is 0. The lowest BCUT2D eigenvalue weighted by Gasteiger charge is -2.46. The van der Waals surface area contributed by atoms with Crippen LogP contribution in [0, 0.1) is 13.8 Å². The molecule has 0 spiro atoms. The number of rotatable bonds is 0. The number of carbonyl (C=O) groups is 1. The average Bonchev–Trinajstić information content (AvgIpc) is 2.47. The minimum Gasteiger partial charge on any atom is -0.318 e. The van der Waals surface area contributed by atoms with Crippen molar-refractivity contribution in [2.75, 3.05) is 19.0 Å². The number of amides is 2. The Morgan fingerprint density at radius 2 is 1.52 bits per heavy atom. The molecule has 0 bridgehead atoms. The minimum atomic E-state index is -0.308. The van der Waals surface area contributed by atoms with Crippen molar-refractivity contribution in [3.8, 4) is 0 Å². The van der Waals surface area contributed by atoms with Gasteiger partial charge < -0.3 is 4.90 Å². The van der Waals surface area contributed by atoms with E-state index in [9.17, 15) is 4.79 Å². The number of aryl methyl sites for hydroxylation is 1. The number of fused-ring (bicyclic) bond motifs is 3. The second kappa shape index (κ2) is 4.23. The van der Waals surface area contributed by atoms with E-state index in [1.54, 1.807) is 4.90 Å². The number of benzene rings is 2. The smallest absolute Gasteiger partial charge is 0.318 e. The second-order valence-corrected chi connectivity index (χ2v) is 6.48. The van der Waals surface area contributed by atoms with Crippen LogP contribution in [-0.2, 0) is 5.54 Å². The number of hydrogen-bond donors (Lipinski definition) is 0. The molecule has 1 aliphatic heterocycles. The summed E-state index contributed by atoms with van der Waals surface area (Å²) in [5.74, 6) is 0. The molecule has 1 aliphatic rings. The van der Waals surface area contributed by atoms with E-state index in [1.165, 1.54) is 22.1 Å². The third kappa shape index (κ3) is 1.63. The Bertz CT molecular complexity index is 761. The molecule has 0 N–H and O–H groups in total.